The van der Waals surface area contributed by atoms with Crippen molar-refractivity contribution in [2.75, 3.05) is 13.1 Å². The molecule has 1 unspecified atom stereocenters. The third-order valence-electron chi connectivity index (χ3n) is 3.96. The Bertz CT molecular complexity index is 490. The van der Waals surface area contributed by atoms with Crippen molar-refractivity contribution >= 4 is 5.84 Å². The lowest BCUT2D eigenvalue weighted by Gasteiger charge is -2.21. The Hall–Kier alpha value is -1.62. The molecule has 0 amide bonds. The summed E-state index contributed by atoms with van der Waals surface area (Å²) in [6.45, 7) is 5.06. The molecule has 0 bridgehead atoms. The van der Waals surface area contributed by atoms with E-state index in [-0.39, 0.29) is 11.7 Å². The molecular formula is C15H22FN3O. The summed E-state index contributed by atoms with van der Waals surface area (Å²) in [5.41, 5.74) is 7.01. The van der Waals surface area contributed by atoms with Crippen molar-refractivity contribution < 1.29 is 9.60 Å². The van der Waals surface area contributed by atoms with Crippen LogP contribution in [0.5, 0.6) is 0 Å². The lowest BCUT2D eigenvalue weighted by atomic mass is 10.0. The van der Waals surface area contributed by atoms with Crippen LogP contribution in [0.4, 0.5) is 4.39 Å². The number of benzene rings is 1. The van der Waals surface area contributed by atoms with Crippen LogP contribution in [0.2, 0.25) is 0 Å². The molecule has 0 aliphatic carbocycles. The first-order chi connectivity index (χ1) is 9.60. The molecule has 0 saturated carbocycles. The van der Waals surface area contributed by atoms with E-state index < -0.39 is 0 Å². The summed E-state index contributed by atoms with van der Waals surface area (Å²) < 4.78 is 13.3. The van der Waals surface area contributed by atoms with Gasteiger partial charge in [0.1, 0.15) is 5.82 Å². The van der Waals surface area contributed by atoms with E-state index in [1.807, 2.05) is 0 Å². The minimum Gasteiger partial charge on any atom is -0.409 e. The van der Waals surface area contributed by atoms with Gasteiger partial charge in [-0.3, -0.25) is 4.90 Å². The zero-order chi connectivity index (χ0) is 14.5. The quantitative estimate of drug-likeness (QED) is 0.387. The predicted molar refractivity (Wildman–Crippen MR) is 77.2 cm³/mol. The Labute approximate surface area is 119 Å². The van der Waals surface area contributed by atoms with E-state index in [1.165, 1.54) is 31.4 Å². The van der Waals surface area contributed by atoms with Gasteiger partial charge in [-0.05, 0) is 56.0 Å². The maximum absolute atomic E-state index is 13.3. The number of nitrogens with zero attached hydrogens (tertiary/aromatic N) is 2. The number of hydrogen-bond acceptors (Lipinski definition) is 3. The molecule has 1 atom stereocenters. The molecule has 1 aromatic carbocycles. The Morgan fingerprint density at radius 3 is 3.00 bits per heavy atom. The summed E-state index contributed by atoms with van der Waals surface area (Å²) >= 11 is 0. The summed E-state index contributed by atoms with van der Waals surface area (Å²) in [4.78, 5) is 2.35. The summed E-state index contributed by atoms with van der Waals surface area (Å²) in [6, 6.07) is 4.46. The van der Waals surface area contributed by atoms with Crippen molar-refractivity contribution in [2.45, 2.75) is 32.7 Å². The topological polar surface area (TPSA) is 61.8 Å². The second-order valence-electron chi connectivity index (χ2n) is 5.60. The summed E-state index contributed by atoms with van der Waals surface area (Å²) in [7, 11) is 0. The van der Waals surface area contributed by atoms with Crippen LogP contribution in [0.15, 0.2) is 23.4 Å². The summed E-state index contributed by atoms with van der Waals surface area (Å²) in [6.07, 6.45) is 3.62. The molecule has 1 heterocycles. The minimum atomic E-state index is -0.375. The van der Waals surface area contributed by atoms with Crippen molar-refractivity contribution in [3.8, 4) is 0 Å². The van der Waals surface area contributed by atoms with E-state index in [2.05, 4.69) is 17.0 Å². The normalized spacial score (nSPS) is 21.7. The number of likely N-dealkylation sites (tertiary alicyclic amines) is 1. The molecule has 1 aromatic rings. The summed E-state index contributed by atoms with van der Waals surface area (Å²) in [5, 5.41) is 11.8. The van der Waals surface area contributed by atoms with Crippen LogP contribution in [-0.2, 0) is 6.54 Å². The first-order valence-corrected chi connectivity index (χ1v) is 7.09. The maximum Gasteiger partial charge on any atom is 0.170 e. The van der Waals surface area contributed by atoms with Gasteiger partial charge >= 0.3 is 0 Å². The van der Waals surface area contributed by atoms with E-state index >= 15 is 0 Å². The zero-order valence-corrected chi connectivity index (χ0v) is 11.8. The average Bonchev–Trinajstić information content (AvgIpc) is 2.65. The number of amidine groups is 1. The van der Waals surface area contributed by atoms with Crippen molar-refractivity contribution in [3.05, 3.63) is 35.1 Å². The van der Waals surface area contributed by atoms with Gasteiger partial charge in [0.15, 0.2) is 5.84 Å². The first-order valence-electron chi connectivity index (χ1n) is 7.09. The molecule has 5 heteroatoms. The SMILES string of the molecule is CC1CCCN(Cc2ccc(F)cc2C(N)=NO)CC1. The van der Waals surface area contributed by atoms with Gasteiger partial charge in [0, 0.05) is 12.1 Å². The van der Waals surface area contributed by atoms with E-state index in [4.69, 9.17) is 10.9 Å². The molecule has 1 aliphatic rings. The number of oxime groups is 1. The maximum atomic E-state index is 13.3. The van der Waals surface area contributed by atoms with Crippen LogP contribution in [0, 0.1) is 11.7 Å². The molecule has 1 fully saturated rings. The van der Waals surface area contributed by atoms with Crippen LogP contribution in [0.25, 0.3) is 0 Å². The molecule has 20 heavy (non-hydrogen) atoms. The van der Waals surface area contributed by atoms with Crippen LogP contribution in [0.3, 0.4) is 0 Å². The van der Waals surface area contributed by atoms with Gasteiger partial charge in [-0.15, -0.1) is 0 Å². The zero-order valence-electron chi connectivity index (χ0n) is 11.8. The van der Waals surface area contributed by atoms with Crippen molar-refractivity contribution in [1.82, 2.24) is 4.90 Å². The Balaban J connectivity index is 2.16. The third-order valence-corrected chi connectivity index (χ3v) is 3.96. The number of rotatable bonds is 3. The number of halogens is 1. The molecule has 1 saturated heterocycles. The Kier molecular flexibility index (Phi) is 4.95. The van der Waals surface area contributed by atoms with Crippen LogP contribution >= 0.6 is 0 Å². The van der Waals surface area contributed by atoms with Gasteiger partial charge < -0.3 is 10.9 Å². The van der Waals surface area contributed by atoms with Crippen molar-refractivity contribution in [1.29, 1.82) is 0 Å². The molecular weight excluding hydrogens is 257 g/mol. The molecule has 0 radical (unpaired) electrons. The Morgan fingerprint density at radius 2 is 2.25 bits per heavy atom. The Morgan fingerprint density at radius 1 is 1.45 bits per heavy atom. The van der Waals surface area contributed by atoms with Crippen molar-refractivity contribution in [2.24, 2.45) is 16.8 Å². The molecule has 110 valence electrons. The fourth-order valence-electron chi connectivity index (χ4n) is 2.70. The molecule has 1 aliphatic heterocycles. The highest BCUT2D eigenvalue weighted by molar-refractivity contribution is 5.98. The average molecular weight is 279 g/mol. The molecule has 2 rings (SSSR count). The van der Waals surface area contributed by atoms with Gasteiger partial charge in [-0.25, -0.2) is 4.39 Å². The van der Waals surface area contributed by atoms with E-state index in [0.29, 0.717) is 12.1 Å². The monoisotopic (exact) mass is 279 g/mol. The number of hydrogen-bond donors (Lipinski definition) is 2. The second kappa shape index (κ2) is 6.70. The van der Waals surface area contributed by atoms with Crippen molar-refractivity contribution in [3.63, 3.8) is 0 Å². The van der Waals surface area contributed by atoms with Gasteiger partial charge in [0.05, 0.1) is 0 Å². The first kappa shape index (κ1) is 14.8. The second-order valence-corrected chi connectivity index (χ2v) is 5.60. The van der Waals surface area contributed by atoms with Gasteiger partial charge in [-0.2, -0.15) is 0 Å². The highest BCUT2D eigenvalue weighted by atomic mass is 19.1. The lowest BCUT2D eigenvalue weighted by molar-refractivity contribution is 0.273. The fraction of sp³-hybridized carbons (Fsp3) is 0.533. The minimum absolute atomic E-state index is 0.0392. The number of nitrogens with two attached hydrogens (primary N) is 1. The molecule has 4 nitrogen and oxygen atoms in total. The standard InChI is InChI=1S/C15H22FN3O/c1-11-3-2-7-19(8-6-11)10-12-4-5-13(16)9-14(12)15(17)18-20/h4-5,9,11,20H,2-3,6-8,10H2,1H3,(H2,17,18). The molecule has 0 aromatic heterocycles. The van der Waals surface area contributed by atoms with Gasteiger partial charge in [0.2, 0.25) is 0 Å². The van der Waals surface area contributed by atoms with Gasteiger partial charge in [0.25, 0.3) is 0 Å². The smallest absolute Gasteiger partial charge is 0.170 e. The highest BCUT2D eigenvalue weighted by Gasteiger charge is 2.16. The molecule has 3 N–H and O–H groups in total. The van der Waals surface area contributed by atoms with E-state index in [0.717, 1.165) is 24.6 Å². The predicted octanol–water partition coefficient (Wildman–Crippen LogP) is 2.54. The third kappa shape index (κ3) is 3.70. The van der Waals surface area contributed by atoms with Crippen LogP contribution < -0.4 is 5.73 Å². The summed E-state index contributed by atoms with van der Waals surface area (Å²) in [5.74, 6) is 0.347. The van der Waals surface area contributed by atoms with Crippen LogP contribution in [0.1, 0.15) is 37.3 Å². The van der Waals surface area contributed by atoms with Gasteiger partial charge in [-0.1, -0.05) is 18.1 Å². The molecule has 0 spiro atoms. The fourth-order valence-corrected chi connectivity index (χ4v) is 2.70. The largest absolute Gasteiger partial charge is 0.409 e. The van der Waals surface area contributed by atoms with E-state index in [9.17, 15) is 4.39 Å². The lowest BCUT2D eigenvalue weighted by Crippen LogP contribution is -2.26. The highest BCUT2D eigenvalue weighted by Crippen LogP contribution is 2.20. The van der Waals surface area contributed by atoms with Crippen LogP contribution in [-0.4, -0.2) is 29.0 Å². The van der Waals surface area contributed by atoms with E-state index in [1.54, 1.807) is 6.07 Å².